The topological polar surface area (TPSA) is 165 Å². The number of benzene rings is 1. The number of rotatable bonds is 7. The number of nitrogens with one attached hydrogen (secondary N) is 2. The van der Waals surface area contributed by atoms with Crippen molar-refractivity contribution >= 4 is 27.6 Å². The van der Waals surface area contributed by atoms with Crippen LogP contribution in [0.1, 0.15) is 11.3 Å². The van der Waals surface area contributed by atoms with Crippen molar-refractivity contribution in [1.82, 2.24) is 15.8 Å². The number of aliphatic imine (C=N–C) groups is 1. The van der Waals surface area contributed by atoms with Crippen LogP contribution in [0.2, 0.25) is 0 Å². The van der Waals surface area contributed by atoms with Crippen LogP contribution in [0.5, 0.6) is 0 Å². The van der Waals surface area contributed by atoms with E-state index in [1.54, 1.807) is 5.48 Å². The Morgan fingerprint density at radius 1 is 1.36 bits per heavy atom. The van der Waals surface area contributed by atoms with Gasteiger partial charge in [-0.05, 0) is 28.5 Å². The van der Waals surface area contributed by atoms with Gasteiger partial charge in [0.15, 0.2) is 11.5 Å². The van der Waals surface area contributed by atoms with Crippen molar-refractivity contribution in [3.8, 4) is 0 Å². The zero-order valence-corrected chi connectivity index (χ0v) is 14.4. The van der Waals surface area contributed by atoms with E-state index in [9.17, 15) is 31.2 Å². The van der Waals surface area contributed by atoms with Crippen molar-refractivity contribution in [2.45, 2.75) is 6.18 Å². The second-order valence-corrected chi connectivity index (χ2v) is 6.16. The van der Waals surface area contributed by atoms with Gasteiger partial charge in [0.25, 0.3) is 0 Å². The molecular weight excluding hydrogens is 416 g/mol. The third-order valence-corrected chi connectivity index (χ3v) is 3.45. The maximum atomic E-state index is 13.3. The standard InChI is InChI=1S/C12H12F4N6O5S/c13-8-2-1-6(5-7(8)12(14,15)16)19-11(20-23)9-10(22-27-21-9)18-3-4-26-28(17,24)25/h1-2,5,23H,3-4H2,(H,18,22)(H,19,20)(H2,17,24,25). The van der Waals surface area contributed by atoms with Crippen molar-refractivity contribution in [3.05, 3.63) is 35.3 Å². The third-order valence-electron chi connectivity index (χ3n) is 2.96. The number of nitrogens with two attached hydrogens (primary N) is 1. The second-order valence-electron chi connectivity index (χ2n) is 4.94. The Morgan fingerprint density at radius 2 is 2.07 bits per heavy atom. The molecule has 0 atom stereocenters. The highest BCUT2D eigenvalue weighted by atomic mass is 32.2. The SMILES string of the molecule is NS(=O)(=O)OCCNc1nonc1C(=Nc1ccc(F)c(C(F)(F)F)c1)NO. The summed E-state index contributed by atoms with van der Waals surface area (Å²) in [5.41, 5.74) is -0.578. The highest BCUT2D eigenvalue weighted by molar-refractivity contribution is 7.84. The first-order valence-electron chi connectivity index (χ1n) is 7.11. The smallest absolute Gasteiger partial charge is 0.363 e. The Balaban J connectivity index is 2.24. The van der Waals surface area contributed by atoms with Gasteiger partial charge < -0.3 is 5.32 Å². The van der Waals surface area contributed by atoms with Crippen molar-refractivity contribution in [2.75, 3.05) is 18.5 Å². The number of anilines is 1. The summed E-state index contributed by atoms with van der Waals surface area (Å²) in [6, 6.07) is 1.91. The van der Waals surface area contributed by atoms with Crippen LogP contribution in [0, 0.1) is 5.82 Å². The maximum Gasteiger partial charge on any atom is 0.419 e. The van der Waals surface area contributed by atoms with E-state index in [1.165, 1.54) is 0 Å². The lowest BCUT2D eigenvalue weighted by Gasteiger charge is -2.09. The molecule has 28 heavy (non-hydrogen) atoms. The number of hydrogen-bond donors (Lipinski definition) is 4. The average molecular weight is 428 g/mol. The van der Waals surface area contributed by atoms with Gasteiger partial charge in [-0.15, -0.1) is 0 Å². The second kappa shape index (κ2) is 8.46. The maximum absolute atomic E-state index is 13.3. The zero-order chi connectivity index (χ0) is 20.9. The minimum Gasteiger partial charge on any atom is -0.363 e. The van der Waals surface area contributed by atoms with Crippen molar-refractivity contribution in [2.24, 2.45) is 10.1 Å². The highest BCUT2D eigenvalue weighted by Gasteiger charge is 2.34. The fraction of sp³-hybridized carbons (Fsp3) is 0.250. The van der Waals surface area contributed by atoms with Crippen LogP contribution in [0.3, 0.4) is 0 Å². The molecule has 0 aliphatic rings. The van der Waals surface area contributed by atoms with Gasteiger partial charge in [0.1, 0.15) is 5.82 Å². The van der Waals surface area contributed by atoms with Crippen LogP contribution in [0.15, 0.2) is 27.8 Å². The number of nitrogens with zero attached hydrogens (tertiary/aromatic N) is 3. The van der Waals surface area contributed by atoms with Crippen LogP contribution in [0.4, 0.5) is 29.1 Å². The van der Waals surface area contributed by atoms with Gasteiger partial charge >= 0.3 is 16.5 Å². The Kier molecular flexibility index (Phi) is 6.49. The van der Waals surface area contributed by atoms with E-state index < -0.39 is 40.3 Å². The van der Waals surface area contributed by atoms with Crippen LogP contribution < -0.4 is 15.9 Å². The number of alkyl halides is 3. The van der Waals surface area contributed by atoms with E-state index in [0.29, 0.717) is 12.1 Å². The molecule has 0 amide bonds. The largest absolute Gasteiger partial charge is 0.419 e. The van der Waals surface area contributed by atoms with Crippen LogP contribution in [-0.2, 0) is 20.7 Å². The van der Waals surface area contributed by atoms with Crippen molar-refractivity contribution in [3.63, 3.8) is 0 Å². The molecule has 0 aliphatic carbocycles. The first-order valence-corrected chi connectivity index (χ1v) is 8.58. The summed E-state index contributed by atoms with van der Waals surface area (Å²) < 4.78 is 81.7. The van der Waals surface area contributed by atoms with Gasteiger partial charge in [-0.2, -0.15) is 21.6 Å². The Hall–Kier alpha value is -2.82. The van der Waals surface area contributed by atoms with E-state index in [4.69, 9.17) is 0 Å². The molecule has 2 aromatic rings. The molecule has 0 spiro atoms. The Bertz CT molecular complexity index is 962. The Labute approximate surface area is 154 Å². The number of hydroxylamine groups is 1. The van der Waals surface area contributed by atoms with Gasteiger partial charge in [-0.25, -0.2) is 19.2 Å². The fourth-order valence-corrected chi connectivity index (χ4v) is 2.16. The van der Waals surface area contributed by atoms with E-state index in [-0.39, 0.29) is 23.7 Å². The summed E-state index contributed by atoms with van der Waals surface area (Å²) in [5, 5.41) is 23.2. The summed E-state index contributed by atoms with van der Waals surface area (Å²) in [7, 11) is -4.15. The fourth-order valence-electron chi connectivity index (χ4n) is 1.85. The predicted molar refractivity (Wildman–Crippen MR) is 84.4 cm³/mol. The van der Waals surface area contributed by atoms with E-state index in [0.717, 1.165) is 6.07 Å². The molecule has 0 unspecified atom stereocenters. The van der Waals surface area contributed by atoms with Gasteiger partial charge in [0, 0.05) is 6.54 Å². The molecule has 0 radical (unpaired) electrons. The molecule has 5 N–H and O–H groups in total. The lowest BCUT2D eigenvalue weighted by molar-refractivity contribution is -0.139. The molecule has 0 fully saturated rings. The molecule has 154 valence electrons. The monoisotopic (exact) mass is 428 g/mol. The minimum atomic E-state index is -4.95. The quantitative estimate of drug-likeness (QED) is 0.165. The van der Waals surface area contributed by atoms with Crippen LogP contribution in [-0.4, -0.2) is 42.9 Å². The summed E-state index contributed by atoms with van der Waals surface area (Å²) in [6.45, 7) is -0.539. The molecule has 0 bridgehead atoms. The molecule has 2 rings (SSSR count). The van der Waals surface area contributed by atoms with E-state index in [1.807, 2.05) is 0 Å². The molecular formula is C12H12F4N6O5S. The van der Waals surface area contributed by atoms with Crippen molar-refractivity contribution < 1.29 is 40.0 Å². The van der Waals surface area contributed by atoms with Gasteiger partial charge in [-0.3, -0.25) is 14.9 Å². The lowest BCUT2D eigenvalue weighted by atomic mass is 10.2. The predicted octanol–water partition coefficient (Wildman–Crippen LogP) is 0.917. The third kappa shape index (κ3) is 5.84. The summed E-state index contributed by atoms with van der Waals surface area (Å²) >= 11 is 0. The van der Waals surface area contributed by atoms with E-state index >= 15 is 0 Å². The molecule has 1 heterocycles. The van der Waals surface area contributed by atoms with E-state index in [2.05, 4.69) is 34.6 Å². The molecule has 0 aliphatic heterocycles. The van der Waals surface area contributed by atoms with Crippen LogP contribution >= 0.6 is 0 Å². The number of amidine groups is 1. The lowest BCUT2D eigenvalue weighted by Crippen LogP contribution is -2.23. The van der Waals surface area contributed by atoms with Crippen molar-refractivity contribution in [1.29, 1.82) is 0 Å². The van der Waals surface area contributed by atoms with Crippen LogP contribution in [0.25, 0.3) is 0 Å². The molecule has 0 saturated heterocycles. The summed E-state index contributed by atoms with van der Waals surface area (Å²) in [4.78, 5) is 3.70. The minimum absolute atomic E-state index is 0.148. The zero-order valence-electron chi connectivity index (χ0n) is 13.6. The number of aromatic nitrogens is 2. The summed E-state index contributed by atoms with van der Waals surface area (Å²) in [6.07, 6.45) is -4.95. The Morgan fingerprint density at radius 3 is 2.68 bits per heavy atom. The van der Waals surface area contributed by atoms with Gasteiger partial charge in [-0.1, -0.05) is 0 Å². The molecule has 11 nitrogen and oxygen atoms in total. The normalized spacial score (nSPS) is 12.9. The first-order chi connectivity index (χ1) is 13.0. The van der Waals surface area contributed by atoms with Gasteiger partial charge in [0.05, 0.1) is 17.9 Å². The molecule has 0 saturated carbocycles. The number of halogens is 4. The first kappa shape index (κ1) is 21.5. The highest BCUT2D eigenvalue weighted by Crippen LogP contribution is 2.33. The molecule has 1 aromatic heterocycles. The molecule has 16 heteroatoms. The number of hydrogen-bond acceptors (Lipinski definition) is 9. The van der Waals surface area contributed by atoms with Gasteiger partial charge in [0.2, 0.25) is 5.82 Å². The molecule has 1 aromatic carbocycles. The summed E-state index contributed by atoms with van der Waals surface area (Å²) in [5.74, 6) is -2.14. The average Bonchev–Trinajstić information content (AvgIpc) is 3.04.